The predicted molar refractivity (Wildman–Crippen MR) is 72.5 cm³/mol. The third kappa shape index (κ3) is 7.71. The topological polar surface area (TPSA) is 27.7 Å². The summed E-state index contributed by atoms with van der Waals surface area (Å²) in [6, 6.07) is 0. The second-order valence-corrected chi connectivity index (χ2v) is 5.17. The maximum Gasteiger partial charge on any atom is 0.0518 e. The van der Waals surface area contributed by atoms with Gasteiger partial charge in [0.05, 0.1) is 6.10 Å². The van der Waals surface area contributed by atoms with Crippen LogP contribution in [-0.4, -0.2) is 75.4 Å². The van der Waals surface area contributed by atoms with Crippen molar-refractivity contribution in [2.45, 2.75) is 26.4 Å². The zero-order chi connectivity index (χ0) is 12.5. The molecule has 1 rings (SSSR count). The van der Waals surface area contributed by atoms with E-state index in [4.69, 9.17) is 4.74 Å². The molecule has 1 saturated heterocycles. The van der Waals surface area contributed by atoms with Gasteiger partial charge in [-0.05, 0) is 33.9 Å². The van der Waals surface area contributed by atoms with Gasteiger partial charge in [-0.15, -0.1) is 0 Å². The van der Waals surface area contributed by atoms with Crippen LogP contribution in [0, 0.1) is 0 Å². The lowest BCUT2D eigenvalue weighted by molar-refractivity contribution is 0.0769. The Balaban J connectivity index is 1.84. The van der Waals surface area contributed by atoms with Gasteiger partial charge in [0.1, 0.15) is 0 Å². The highest BCUT2D eigenvalue weighted by Crippen LogP contribution is 1.97. The van der Waals surface area contributed by atoms with Gasteiger partial charge in [-0.25, -0.2) is 0 Å². The van der Waals surface area contributed by atoms with Crippen molar-refractivity contribution in [1.82, 2.24) is 15.1 Å². The van der Waals surface area contributed by atoms with E-state index in [2.05, 4.69) is 36.0 Å². The molecule has 0 spiro atoms. The van der Waals surface area contributed by atoms with Gasteiger partial charge in [0.25, 0.3) is 0 Å². The van der Waals surface area contributed by atoms with Crippen molar-refractivity contribution in [2.24, 2.45) is 0 Å². The van der Waals surface area contributed by atoms with Crippen LogP contribution in [-0.2, 0) is 4.74 Å². The Kier molecular flexibility index (Phi) is 7.77. The van der Waals surface area contributed by atoms with Gasteiger partial charge < -0.3 is 15.0 Å². The van der Waals surface area contributed by atoms with Gasteiger partial charge in [-0.2, -0.15) is 0 Å². The van der Waals surface area contributed by atoms with E-state index in [-0.39, 0.29) is 0 Å². The highest BCUT2D eigenvalue weighted by Gasteiger charge is 2.12. The molecule has 0 bridgehead atoms. The summed E-state index contributed by atoms with van der Waals surface area (Å²) in [4.78, 5) is 4.94. The molecule has 4 nitrogen and oxygen atoms in total. The largest absolute Gasteiger partial charge is 0.379 e. The molecule has 17 heavy (non-hydrogen) atoms. The molecule has 1 heterocycles. The second-order valence-electron chi connectivity index (χ2n) is 5.17. The summed E-state index contributed by atoms with van der Waals surface area (Å²) in [5.74, 6) is 0. The number of nitrogens with one attached hydrogen (secondary N) is 1. The first-order valence-electron chi connectivity index (χ1n) is 6.91. The molecule has 0 saturated carbocycles. The lowest BCUT2D eigenvalue weighted by atomic mass is 10.3. The molecule has 102 valence electrons. The van der Waals surface area contributed by atoms with Crippen LogP contribution in [0.25, 0.3) is 0 Å². The summed E-state index contributed by atoms with van der Waals surface area (Å²) in [5, 5.41) is 3.48. The average Bonchev–Trinajstić information content (AvgIpc) is 2.30. The Labute approximate surface area is 106 Å². The van der Waals surface area contributed by atoms with Gasteiger partial charge in [0.15, 0.2) is 0 Å². The summed E-state index contributed by atoms with van der Waals surface area (Å²) in [6.45, 7) is 13.2. The number of rotatable bonds is 8. The number of nitrogens with zero attached hydrogens (tertiary/aromatic N) is 2. The van der Waals surface area contributed by atoms with Crippen LogP contribution in [0.4, 0.5) is 0 Å². The lowest BCUT2D eigenvalue weighted by Crippen LogP contribution is -2.46. The standard InChI is InChI=1S/C13H29N3O/c1-13(2)17-12-4-5-14-6-7-16-10-8-15(3)9-11-16/h13-14H,4-12H2,1-3H3. The molecule has 0 atom stereocenters. The van der Waals surface area contributed by atoms with Crippen LogP contribution in [0.2, 0.25) is 0 Å². The van der Waals surface area contributed by atoms with E-state index < -0.39 is 0 Å². The van der Waals surface area contributed by atoms with Crippen LogP contribution in [0.15, 0.2) is 0 Å². The quantitative estimate of drug-likeness (QED) is 0.633. The van der Waals surface area contributed by atoms with Crippen LogP contribution in [0.1, 0.15) is 20.3 Å². The van der Waals surface area contributed by atoms with Gasteiger partial charge in [0, 0.05) is 45.9 Å². The number of hydrogen-bond acceptors (Lipinski definition) is 4. The van der Waals surface area contributed by atoms with Crippen LogP contribution in [0.5, 0.6) is 0 Å². The normalized spacial score (nSPS) is 19.1. The summed E-state index contributed by atoms with van der Waals surface area (Å²) in [7, 11) is 2.20. The molecule has 0 aromatic rings. The van der Waals surface area contributed by atoms with Gasteiger partial charge >= 0.3 is 0 Å². The number of ether oxygens (including phenoxy) is 1. The van der Waals surface area contributed by atoms with E-state index in [9.17, 15) is 0 Å². The number of piperazine rings is 1. The molecule has 4 heteroatoms. The smallest absolute Gasteiger partial charge is 0.0518 e. The average molecular weight is 243 g/mol. The van der Waals surface area contributed by atoms with E-state index in [0.29, 0.717) is 6.10 Å². The fourth-order valence-electron chi connectivity index (χ4n) is 1.95. The Morgan fingerprint density at radius 2 is 1.82 bits per heavy atom. The Bertz CT molecular complexity index is 180. The molecule has 0 aromatic heterocycles. The van der Waals surface area contributed by atoms with Crippen molar-refractivity contribution in [2.75, 3.05) is 59.5 Å². The SMILES string of the molecule is CC(C)OCCCNCCN1CCN(C)CC1. The van der Waals surface area contributed by atoms with Crippen LogP contribution in [0.3, 0.4) is 0 Å². The molecule has 0 aromatic carbocycles. The number of likely N-dealkylation sites (N-methyl/N-ethyl adjacent to an activating group) is 1. The molecule has 0 radical (unpaired) electrons. The maximum absolute atomic E-state index is 5.49. The summed E-state index contributed by atoms with van der Waals surface area (Å²) >= 11 is 0. The summed E-state index contributed by atoms with van der Waals surface area (Å²) in [5.41, 5.74) is 0. The van der Waals surface area contributed by atoms with Gasteiger partial charge in [-0.1, -0.05) is 0 Å². The molecule has 1 N–H and O–H groups in total. The minimum Gasteiger partial charge on any atom is -0.379 e. The molecule has 0 amide bonds. The Morgan fingerprint density at radius 1 is 1.12 bits per heavy atom. The number of hydrogen-bond donors (Lipinski definition) is 1. The molecule has 0 aliphatic carbocycles. The molecule has 1 aliphatic rings. The third-order valence-corrected chi connectivity index (χ3v) is 3.15. The molecule has 0 unspecified atom stereocenters. The molecular formula is C13H29N3O. The van der Waals surface area contributed by atoms with Crippen molar-refractivity contribution in [3.8, 4) is 0 Å². The highest BCUT2D eigenvalue weighted by molar-refractivity contribution is 4.69. The van der Waals surface area contributed by atoms with Crippen molar-refractivity contribution >= 4 is 0 Å². The van der Waals surface area contributed by atoms with Crippen molar-refractivity contribution in [1.29, 1.82) is 0 Å². The van der Waals surface area contributed by atoms with Crippen molar-refractivity contribution in [3.05, 3.63) is 0 Å². The van der Waals surface area contributed by atoms with E-state index in [1.54, 1.807) is 0 Å². The van der Waals surface area contributed by atoms with E-state index in [1.807, 2.05) is 0 Å². The van der Waals surface area contributed by atoms with Crippen molar-refractivity contribution in [3.63, 3.8) is 0 Å². The zero-order valence-electron chi connectivity index (χ0n) is 11.7. The lowest BCUT2D eigenvalue weighted by Gasteiger charge is -2.32. The van der Waals surface area contributed by atoms with E-state index >= 15 is 0 Å². The fraction of sp³-hybridized carbons (Fsp3) is 1.00. The Hall–Kier alpha value is -0.160. The van der Waals surface area contributed by atoms with E-state index in [1.165, 1.54) is 32.7 Å². The van der Waals surface area contributed by atoms with Crippen LogP contribution < -0.4 is 5.32 Å². The Morgan fingerprint density at radius 3 is 2.47 bits per heavy atom. The molecule has 1 fully saturated rings. The third-order valence-electron chi connectivity index (χ3n) is 3.15. The first kappa shape index (κ1) is 14.9. The molecule has 1 aliphatic heterocycles. The minimum atomic E-state index is 0.361. The first-order chi connectivity index (χ1) is 8.18. The predicted octanol–water partition coefficient (Wildman–Crippen LogP) is 0.639. The summed E-state index contributed by atoms with van der Waals surface area (Å²) < 4.78 is 5.49. The van der Waals surface area contributed by atoms with Crippen LogP contribution >= 0.6 is 0 Å². The van der Waals surface area contributed by atoms with Crippen molar-refractivity contribution < 1.29 is 4.74 Å². The summed E-state index contributed by atoms with van der Waals surface area (Å²) in [6.07, 6.45) is 1.47. The first-order valence-corrected chi connectivity index (χ1v) is 6.91. The second kappa shape index (κ2) is 8.86. The monoisotopic (exact) mass is 243 g/mol. The zero-order valence-corrected chi connectivity index (χ0v) is 11.7. The molecular weight excluding hydrogens is 214 g/mol. The maximum atomic E-state index is 5.49. The highest BCUT2D eigenvalue weighted by atomic mass is 16.5. The van der Waals surface area contributed by atoms with Gasteiger partial charge in [-0.3, -0.25) is 4.90 Å². The van der Waals surface area contributed by atoms with E-state index in [0.717, 1.165) is 26.1 Å². The minimum absolute atomic E-state index is 0.361. The fourth-order valence-corrected chi connectivity index (χ4v) is 1.95. The van der Waals surface area contributed by atoms with Gasteiger partial charge in [0.2, 0.25) is 0 Å².